The molecule has 0 saturated carbocycles. The number of halogens is 3. The van der Waals surface area contributed by atoms with Gasteiger partial charge < -0.3 is 5.11 Å². The van der Waals surface area contributed by atoms with Gasteiger partial charge in [0.2, 0.25) is 0 Å². The zero-order valence-corrected chi connectivity index (χ0v) is 36.5. The molecule has 1 N–H and O–H groups in total. The number of carbonyl (C=O) groups is 1. The van der Waals surface area contributed by atoms with Crippen LogP contribution in [0.2, 0.25) is 0 Å². The van der Waals surface area contributed by atoms with Gasteiger partial charge in [0, 0.05) is 59.5 Å². The molecule has 0 amide bonds. The van der Waals surface area contributed by atoms with Crippen LogP contribution >= 0.6 is 11.3 Å². The molecule has 3 aromatic carbocycles. The fourth-order valence-corrected chi connectivity index (χ4v) is 8.02. The first-order valence-electron chi connectivity index (χ1n) is 18.8. The second kappa shape index (κ2) is 18.5. The van der Waals surface area contributed by atoms with Crippen LogP contribution in [0.15, 0.2) is 78.7 Å². The van der Waals surface area contributed by atoms with Gasteiger partial charge >= 0.3 is 6.18 Å². The Morgan fingerprint density at radius 1 is 0.889 bits per heavy atom. The molecule has 0 spiro atoms. The molecular formula is C46H55F3IrNO2S-. The van der Waals surface area contributed by atoms with Gasteiger partial charge in [-0.3, -0.25) is 9.78 Å². The minimum Gasteiger partial charge on any atom is -0.512 e. The summed E-state index contributed by atoms with van der Waals surface area (Å²) in [7, 11) is 0. The quantitative estimate of drug-likeness (QED) is 0.0816. The average molecular weight is 935 g/mol. The van der Waals surface area contributed by atoms with Crippen molar-refractivity contribution in [2.45, 2.75) is 113 Å². The van der Waals surface area contributed by atoms with E-state index in [1.807, 2.05) is 71.1 Å². The number of aliphatic hydroxyl groups excluding tert-OH is 1. The van der Waals surface area contributed by atoms with Crippen LogP contribution in [0.4, 0.5) is 13.2 Å². The first-order valence-corrected chi connectivity index (χ1v) is 19.6. The Hall–Kier alpha value is -3.32. The zero-order chi connectivity index (χ0) is 39.3. The number of rotatable bonds is 11. The number of hydrogen-bond donors (Lipinski definition) is 1. The van der Waals surface area contributed by atoms with E-state index in [-0.39, 0.29) is 55.3 Å². The summed E-state index contributed by atoms with van der Waals surface area (Å²) in [5.41, 5.74) is 3.99. The van der Waals surface area contributed by atoms with Gasteiger partial charge in [0.25, 0.3) is 0 Å². The van der Waals surface area contributed by atoms with Crippen molar-refractivity contribution in [3.8, 4) is 21.7 Å². The minimum absolute atomic E-state index is 0. The molecule has 0 aliphatic rings. The summed E-state index contributed by atoms with van der Waals surface area (Å²) in [5, 5.41) is 13.1. The summed E-state index contributed by atoms with van der Waals surface area (Å²) in [6, 6.07) is 24.0. The van der Waals surface area contributed by atoms with Crippen LogP contribution in [-0.2, 0) is 36.7 Å². The van der Waals surface area contributed by atoms with Crippen LogP contribution in [0, 0.1) is 30.2 Å². The van der Waals surface area contributed by atoms with Crippen LogP contribution in [0.1, 0.15) is 105 Å². The van der Waals surface area contributed by atoms with Crippen molar-refractivity contribution in [2.75, 3.05) is 0 Å². The maximum absolute atomic E-state index is 13.4. The van der Waals surface area contributed by atoms with Gasteiger partial charge in [-0.1, -0.05) is 110 Å². The maximum Gasteiger partial charge on any atom is 0.394 e. The first kappa shape index (κ1) is 45.1. The normalized spacial score (nSPS) is 12.6. The molecule has 2 heterocycles. The van der Waals surface area contributed by atoms with E-state index in [4.69, 9.17) is 4.98 Å². The number of fused-ring (bicyclic) bond motifs is 2. The van der Waals surface area contributed by atoms with Crippen molar-refractivity contribution in [2.24, 2.45) is 17.3 Å². The van der Waals surface area contributed by atoms with Crippen LogP contribution in [0.25, 0.3) is 42.6 Å². The van der Waals surface area contributed by atoms with Crippen LogP contribution in [0.5, 0.6) is 0 Å². The molecule has 0 saturated heterocycles. The Kier molecular flexibility index (Phi) is 15.5. The third-order valence-corrected chi connectivity index (χ3v) is 11.5. The fraction of sp³-hybridized carbons (Fsp3) is 0.435. The van der Waals surface area contributed by atoms with Crippen molar-refractivity contribution in [1.82, 2.24) is 4.98 Å². The molecule has 5 aromatic rings. The summed E-state index contributed by atoms with van der Waals surface area (Å²) in [6.07, 6.45) is 2.44. The molecule has 0 atom stereocenters. The molecule has 54 heavy (non-hydrogen) atoms. The number of carbonyl (C=O) groups excluding carboxylic acids is 1. The second-order valence-corrected chi connectivity index (χ2v) is 16.8. The average Bonchev–Trinajstić information content (AvgIpc) is 3.52. The molecule has 0 aliphatic carbocycles. The number of thiophene rings is 1. The molecule has 0 fully saturated rings. The molecule has 0 aliphatic heterocycles. The molecule has 5 rings (SSSR count). The second-order valence-electron chi connectivity index (χ2n) is 15.8. The van der Waals surface area contributed by atoms with E-state index in [2.05, 4.69) is 57.2 Å². The number of hydrogen-bond acceptors (Lipinski definition) is 4. The number of ketones is 1. The molecule has 0 unspecified atom stereocenters. The van der Waals surface area contributed by atoms with Gasteiger partial charge in [-0.2, -0.15) is 13.2 Å². The standard InChI is InChI=1S/C33H31F3NS.C13H24O2.Ir/c1-20-15-21(19-32(5,6)33(34,35)36)11-12-25(20)28-18-23-13-14-37-29(30(23)38-28)24-16-22-9-7-8-10-26(22)27(17-24)31(2,3)4;1-5-10(6-2)12(14)9-13(15)11(7-3)8-4;/h7-15,17-18H,19H2,1-6H3;9-11,14H,5-8H2,1-4H3;/q-1;;/b;12-9-;. The van der Waals surface area contributed by atoms with E-state index < -0.39 is 11.6 Å². The summed E-state index contributed by atoms with van der Waals surface area (Å²) in [5.74, 6) is 0.547. The maximum atomic E-state index is 13.4. The summed E-state index contributed by atoms with van der Waals surface area (Å²) >= 11 is 1.67. The summed E-state index contributed by atoms with van der Waals surface area (Å²) in [6.45, 7) is 19.2. The monoisotopic (exact) mass is 935 g/mol. The number of aryl methyl sites for hydroxylation is 1. The van der Waals surface area contributed by atoms with Crippen molar-refractivity contribution in [3.63, 3.8) is 0 Å². The molecule has 2 aromatic heterocycles. The van der Waals surface area contributed by atoms with E-state index in [0.29, 0.717) is 5.56 Å². The number of alkyl halides is 3. The van der Waals surface area contributed by atoms with E-state index in [9.17, 15) is 23.1 Å². The van der Waals surface area contributed by atoms with Gasteiger partial charge in [-0.05, 0) is 78.7 Å². The van der Waals surface area contributed by atoms with E-state index in [0.717, 1.165) is 68.4 Å². The molecule has 3 nitrogen and oxygen atoms in total. The van der Waals surface area contributed by atoms with E-state index >= 15 is 0 Å². The minimum atomic E-state index is -4.25. The SMILES string of the molecule is CCC(CC)C(=O)/C=C(\O)C(CC)CC.Cc1cc(CC(C)(C)C(F)(F)F)ccc1-c1cc2ccnc(-c3[c-]c4ccccc4c(C(C)(C)C)c3)c2s1.[Ir]. The Morgan fingerprint density at radius 3 is 2.09 bits per heavy atom. The third-order valence-electron chi connectivity index (χ3n) is 10.3. The third kappa shape index (κ3) is 10.5. The van der Waals surface area contributed by atoms with Crippen LogP contribution < -0.4 is 0 Å². The first-order chi connectivity index (χ1) is 24.8. The predicted molar refractivity (Wildman–Crippen MR) is 218 cm³/mol. The van der Waals surface area contributed by atoms with Gasteiger partial charge in [0.15, 0.2) is 5.78 Å². The van der Waals surface area contributed by atoms with Crippen molar-refractivity contribution < 1.29 is 43.2 Å². The number of nitrogens with zero attached hydrogens (tertiary/aromatic N) is 1. The number of aromatic nitrogens is 1. The topological polar surface area (TPSA) is 50.2 Å². The van der Waals surface area contributed by atoms with Crippen LogP contribution in [0.3, 0.4) is 0 Å². The number of allylic oxidation sites excluding steroid dienone is 2. The van der Waals surface area contributed by atoms with Crippen molar-refractivity contribution >= 4 is 38.0 Å². The Balaban J connectivity index is 0.000000418. The predicted octanol–water partition coefficient (Wildman–Crippen LogP) is 14.2. The molecular weight excluding hydrogens is 880 g/mol. The van der Waals surface area contributed by atoms with E-state index in [1.54, 1.807) is 11.3 Å². The van der Waals surface area contributed by atoms with Crippen LogP contribution in [-0.4, -0.2) is 22.1 Å². The molecule has 1 radical (unpaired) electrons. The van der Waals surface area contributed by atoms with Gasteiger partial charge in [-0.25, -0.2) is 0 Å². The smallest absolute Gasteiger partial charge is 0.394 e. The van der Waals surface area contributed by atoms with Gasteiger partial charge in [0.1, 0.15) is 0 Å². The fourth-order valence-electron chi connectivity index (χ4n) is 6.77. The number of pyridine rings is 1. The number of benzene rings is 3. The molecule has 8 heteroatoms. The van der Waals surface area contributed by atoms with Gasteiger partial charge in [0.05, 0.1) is 11.2 Å². The van der Waals surface area contributed by atoms with Gasteiger partial charge in [-0.15, -0.1) is 40.5 Å². The van der Waals surface area contributed by atoms with Crippen molar-refractivity contribution in [1.29, 1.82) is 0 Å². The number of aliphatic hydroxyl groups is 1. The summed E-state index contributed by atoms with van der Waals surface area (Å²) in [4.78, 5) is 17.6. The Morgan fingerprint density at radius 2 is 1.52 bits per heavy atom. The zero-order valence-electron chi connectivity index (χ0n) is 33.3. The summed E-state index contributed by atoms with van der Waals surface area (Å²) < 4.78 is 41.4. The molecule has 0 bridgehead atoms. The largest absolute Gasteiger partial charge is 0.512 e. The van der Waals surface area contributed by atoms with Crippen molar-refractivity contribution in [3.05, 3.63) is 101 Å². The Bertz CT molecular complexity index is 2060. The Labute approximate surface area is 337 Å². The molecule has 293 valence electrons. The van der Waals surface area contributed by atoms with E-state index in [1.165, 1.54) is 30.9 Å².